The fraction of sp³-hybridized carbons (Fsp3) is 0.118. The Bertz CT molecular complexity index is 1250. The van der Waals surface area contributed by atoms with Gasteiger partial charge in [0, 0.05) is 24.5 Å². The average molecular weight is 412 g/mol. The summed E-state index contributed by atoms with van der Waals surface area (Å²) in [6.45, 7) is -0.0435. The summed E-state index contributed by atoms with van der Waals surface area (Å²) in [5, 5.41) is 17.5. The van der Waals surface area contributed by atoms with Crippen LogP contribution < -0.4 is 10.0 Å². The van der Waals surface area contributed by atoms with Gasteiger partial charge in [0.15, 0.2) is 0 Å². The monoisotopic (exact) mass is 412 g/mol. The zero-order valence-electron chi connectivity index (χ0n) is 15.0. The number of carbonyl (C=O) groups is 1. The third-order valence-corrected chi connectivity index (χ3v) is 5.34. The number of nitrogens with zero attached hydrogens (tertiary/aromatic N) is 6. The second-order valence-corrected chi connectivity index (χ2v) is 7.94. The lowest BCUT2D eigenvalue weighted by atomic mass is 10.2. The fourth-order valence-corrected chi connectivity index (χ4v) is 3.64. The number of aromatic nitrogens is 6. The zero-order valence-corrected chi connectivity index (χ0v) is 15.8. The molecule has 2 N–H and O–H groups in total. The van der Waals surface area contributed by atoms with Crippen molar-refractivity contribution in [2.45, 2.75) is 0 Å². The van der Waals surface area contributed by atoms with Crippen LogP contribution >= 0.6 is 0 Å². The number of rotatable bonds is 7. The summed E-state index contributed by atoms with van der Waals surface area (Å²) in [5.74, 6) is -0.661. The molecule has 4 aromatic rings. The molecule has 4 rings (SSSR count). The molecule has 0 aliphatic carbocycles. The van der Waals surface area contributed by atoms with Crippen molar-refractivity contribution in [3.8, 4) is 5.69 Å². The highest BCUT2D eigenvalue weighted by Gasteiger charge is 2.13. The summed E-state index contributed by atoms with van der Waals surface area (Å²) in [6, 6.07) is 11.7. The molecule has 0 saturated heterocycles. The van der Waals surface area contributed by atoms with Crippen molar-refractivity contribution in [1.29, 1.82) is 0 Å². The number of sulfonamides is 1. The molecule has 0 unspecified atom stereocenters. The van der Waals surface area contributed by atoms with Crippen LogP contribution in [0.5, 0.6) is 0 Å². The van der Waals surface area contributed by atoms with Gasteiger partial charge < -0.3 is 5.32 Å². The number of tetrazole rings is 1. The van der Waals surface area contributed by atoms with E-state index in [1.165, 1.54) is 11.0 Å². The van der Waals surface area contributed by atoms with E-state index < -0.39 is 15.9 Å². The molecule has 29 heavy (non-hydrogen) atoms. The predicted molar refractivity (Wildman–Crippen MR) is 104 cm³/mol. The lowest BCUT2D eigenvalue weighted by Crippen LogP contribution is -2.31. The molecule has 0 atom stereocenters. The SMILES string of the molecule is O=C(NCCS(=O)(=O)Nc1ccn2nccc2c1)c1cccc(-n2cnnn2)c1. The predicted octanol–water partition coefficient (Wildman–Crippen LogP) is 0.482. The second kappa shape index (κ2) is 7.67. The Hall–Kier alpha value is -3.80. The van der Waals surface area contributed by atoms with Crippen LogP contribution in [-0.2, 0) is 10.0 Å². The van der Waals surface area contributed by atoms with Gasteiger partial charge in [0.05, 0.1) is 22.6 Å². The van der Waals surface area contributed by atoms with Crippen molar-refractivity contribution in [3.63, 3.8) is 0 Å². The standard InChI is InChI=1S/C17H16N8O3S/c26-17(13-2-1-3-15(10-13)25-12-19-22-23-25)18-7-9-29(27,28)21-14-5-8-24-16(11-14)4-6-20-24/h1-6,8,10-12,21H,7,9H2,(H,18,26). The minimum absolute atomic E-state index is 0.0435. The van der Waals surface area contributed by atoms with Gasteiger partial charge >= 0.3 is 0 Å². The van der Waals surface area contributed by atoms with Gasteiger partial charge in [0.1, 0.15) is 6.33 Å². The van der Waals surface area contributed by atoms with Gasteiger partial charge in [-0.1, -0.05) is 6.07 Å². The first kappa shape index (κ1) is 18.6. The summed E-state index contributed by atoms with van der Waals surface area (Å²) < 4.78 is 30.1. The van der Waals surface area contributed by atoms with Gasteiger partial charge in [-0.2, -0.15) is 5.10 Å². The number of nitrogens with one attached hydrogen (secondary N) is 2. The van der Waals surface area contributed by atoms with Crippen LogP contribution in [0.2, 0.25) is 0 Å². The van der Waals surface area contributed by atoms with E-state index in [4.69, 9.17) is 0 Å². The van der Waals surface area contributed by atoms with Gasteiger partial charge in [0.25, 0.3) is 5.91 Å². The van der Waals surface area contributed by atoms with Crippen LogP contribution in [0.4, 0.5) is 5.69 Å². The zero-order chi connectivity index (χ0) is 20.3. The van der Waals surface area contributed by atoms with E-state index in [9.17, 15) is 13.2 Å². The maximum Gasteiger partial charge on any atom is 0.251 e. The number of anilines is 1. The highest BCUT2D eigenvalue weighted by Crippen LogP contribution is 2.13. The molecule has 12 heteroatoms. The minimum atomic E-state index is -3.63. The third kappa shape index (κ3) is 4.38. The molecule has 0 aliphatic heterocycles. The van der Waals surface area contributed by atoms with Crippen LogP contribution in [0.1, 0.15) is 10.4 Å². The Kier molecular flexibility index (Phi) is 4.91. The maximum absolute atomic E-state index is 12.3. The molecule has 0 fully saturated rings. The second-order valence-electron chi connectivity index (χ2n) is 6.10. The molecule has 0 saturated carbocycles. The van der Waals surface area contributed by atoms with Gasteiger partial charge in [-0.25, -0.2) is 17.6 Å². The molecule has 0 radical (unpaired) electrons. The quantitative estimate of drug-likeness (QED) is 0.450. The Morgan fingerprint density at radius 2 is 2.03 bits per heavy atom. The van der Waals surface area contributed by atoms with Crippen LogP contribution in [0.3, 0.4) is 0 Å². The maximum atomic E-state index is 12.3. The first-order valence-corrected chi connectivity index (χ1v) is 10.2. The van der Waals surface area contributed by atoms with Crippen molar-refractivity contribution in [2.75, 3.05) is 17.0 Å². The molecule has 148 valence electrons. The van der Waals surface area contributed by atoms with Crippen molar-refractivity contribution in [3.05, 3.63) is 66.7 Å². The number of carbonyl (C=O) groups excluding carboxylic acids is 1. The number of hydrogen-bond acceptors (Lipinski definition) is 7. The van der Waals surface area contributed by atoms with E-state index in [1.807, 2.05) is 0 Å². The summed E-state index contributed by atoms with van der Waals surface area (Å²) in [5.41, 5.74) is 2.18. The number of benzene rings is 1. The van der Waals surface area contributed by atoms with E-state index in [0.717, 1.165) is 5.52 Å². The Labute approximate surface area is 165 Å². The largest absolute Gasteiger partial charge is 0.351 e. The first-order chi connectivity index (χ1) is 14.0. The minimum Gasteiger partial charge on any atom is -0.351 e. The highest BCUT2D eigenvalue weighted by atomic mass is 32.2. The highest BCUT2D eigenvalue weighted by molar-refractivity contribution is 7.92. The fourth-order valence-electron chi connectivity index (χ4n) is 2.69. The molecule has 0 spiro atoms. The third-order valence-electron chi connectivity index (χ3n) is 4.05. The van der Waals surface area contributed by atoms with E-state index in [0.29, 0.717) is 16.9 Å². The van der Waals surface area contributed by atoms with Crippen LogP contribution in [0.15, 0.2) is 61.2 Å². The van der Waals surface area contributed by atoms with Crippen LogP contribution in [0.25, 0.3) is 11.2 Å². The van der Waals surface area contributed by atoms with E-state index in [1.54, 1.807) is 59.4 Å². The molecule has 1 amide bonds. The van der Waals surface area contributed by atoms with Crippen LogP contribution in [0, 0.1) is 0 Å². The Morgan fingerprint density at radius 1 is 1.14 bits per heavy atom. The first-order valence-electron chi connectivity index (χ1n) is 8.56. The normalized spacial score (nSPS) is 11.4. The molecule has 3 aromatic heterocycles. The number of fused-ring (bicyclic) bond motifs is 1. The lowest BCUT2D eigenvalue weighted by Gasteiger charge is -2.10. The molecule has 11 nitrogen and oxygen atoms in total. The number of pyridine rings is 1. The van der Waals surface area contributed by atoms with Crippen molar-refractivity contribution < 1.29 is 13.2 Å². The number of hydrogen-bond donors (Lipinski definition) is 2. The summed E-state index contributed by atoms with van der Waals surface area (Å²) in [6.07, 6.45) is 4.70. The molecular formula is C17H16N8O3S. The van der Waals surface area contributed by atoms with E-state index in [-0.39, 0.29) is 12.3 Å². The molecule has 0 aliphatic rings. The van der Waals surface area contributed by atoms with Gasteiger partial charge in [-0.3, -0.25) is 9.52 Å². The Morgan fingerprint density at radius 3 is 2.86 bits per heavy atom. The Balaban J connectivity index is 1.35. The molecular weight excluding hydrogens is 396 g/mol. The summed E-state index contributed by atoms with van der Waals surface area (Å²) in [4.78, 5) is 12.3. The van der Waals surface area contributed by atoms with Crippen molar-refractivity contribution in [1.82, 2.24) is 35.1 Å². The molecule has 0 bridgehead atoms. The molecule has 1 aromatic carbocycles. The van der Waals surface area contributed by atoms with Crippen molar-refractivity contribution in [2.24, 2.45) is 0 Å². The average Bonchev–Trinajstić information content (AvgIpc) is 3.39. The number of amides is 1. The molecule has 3 heterocycles. The summed E-state index contributed by atoms with van der Waals surface area (Å²) in [7, 11) is -3.63. The van der Waals surface area contributed by atoms with Gasteiger partial charge in [0.2, 0.25) is 10.0 Å². The van der Waals surface area contributed by atoms with Crippen molar-refractivity contribution >= 4 is 27.1 Å². The van der Waals surface area contributed by atoms with Gasteiger partial charge in [-0.05, 0) is 46.8 Å². The summed E-state index contributed by atoms with van der Waals surface area (Å²) >= 11 is 0. The van der Waals surface area contributed by atoms with Crippen LogP contribution in [-0.4, -0.2) is 56.4 Å². The topological polar surface area (TPSA) is 136 Å². The van der Waals surface area contributed by atoms with E-state index in [2.05, 4.69) is 30.7 Å². The van der Waals surface area contributed by atoms with Gasteiger partial charge in [-0.15, -0.1) is 5.10 Å². The van der Waals surface area contributed by atoms with E-state index >= 15 is 0 Å². The lowest BCUT2D eigenvalue weighted by molar-refractivity contribution is 0.0956. The smallest absolute Gasteiger partial charge is 0.251 e.